The lowest BCUT2D eigenvalue weighted by Gasteiger charge is -2.37. The van der Waals surface area contributed by atoms with Crippen LogP contribution in [-0.2, 0) is 0 Å². The van der Waals surface area contributed by atoms with Gasteiger partial charge < -0.3 is 14.4 Å². The number of aromatic nitrogens is 4. The number of nitrogens with zero attached hydrogens (tertiary/aromatic N) is 5. The number of piperidine rings is 1. The summed E-state index contributed by atoms with van der Waals surface area (Å²) in [5.74, 6) is -3.00. The first-order chi connectivity index (χ1) is 14.3. The number of methoxy groups -OCH3 is 2. The minimum atomic E-state index is -3.04. The molecular formula is C20H21F2N5O3. The number of carbonyl (C=O) groups excluding carboxylic acids is 1. The Morgan fingerprint density at radius 2 is 1.97 bits per heavy atom. The molecule has 0 bridgehead atoms. The number of aryl methyl sites for hydroxylation is 1. The highest BCUT2D eigenvalue weighted by Crippen LogP contribution is 2.37. The Labute approximate surface area is 171 Å². The van der Waals surface area contributed by atoms with Crippen LogP contribution in [0.4, 0.5) is 8.78 Å². The van der Waals surface area contributed by atoms with Gasteiger partial charge in [-0.15, -0.1) is 0 Å². The summed E-state index contributed by atoms with van der Waals surface area (Å²) in [5.41, 5.74) is 1.46. The minimum Gasteiger partial charge on any atom is -0.493 e. The molecule has 0 N–H and O–H groups in total. The monoisotopic (exact) mass is 417 g/mol. The number of hydrogen-bond donors (Lipinski definition) is 0. The maximum Gasteiger partial charge on any atom is 0.266 e. The molecule has 3 aromatic rings. The number of alkyl halides is 2. The summed E-state index contributed by atoms with van der Waals surface area (Å²) in [6.45, 7) is 1.24. The Morgan fingerprint density at radius 3 is 2.70 bits per heavy atom. The summed E-state index contributed by atoms with van der Waals surface area (Å²) >= 11 is 0. The van der Waals surface area contributed by atoms with E-state index in [0.29, 0.717) is 28.7 Å². The second kappa shape index (κ2) is 7.51. The van der Waals surface area contributed by atoms with Crippen LogP contribution in [0.25, 0.3) is 5.78 Å². The molecular weight excluding hydrogens is 396 g/mol. The Bertz CT molecular complexity index is 1100. The molecule has 1 unspecified atom stereocenters. The van der Waals surface area contributed by atoms with Crippen LogP contribution >= 0.6 is 0 Å². The van der Waals surface area contributed by atoms with E-state index in [1.165, 1.54) is 42.1 Å². The zero-order valence-electron chi connectivity index (χ0n) is 16.8. The number of halogens is 2. The van der Waals surface area contributed by atoms with Gasteiger partial charge >= 0.3 is 0 Å². The number of likely N-dealkylation sites (tertiary alicyclic amines) is 1. The third-order valence-corrected chi connectivity index (χ3v) is 5.15. The molecule has 3 heterocycles. The van der Waals surface area contributed by atoms with Crippen LogP contribution in [0.1, 0.15) is 34.1 Å². The van der Waals surface area contributed by atoms with Gasteiger partial charge in [0.2, 0.25) is 0 Å². The molecule has 1 amide bonds. The summed E-state index contributed by atoms with van der Waals surface area (Å²) in [6.07, 6.45) is 0.944. The van der Waals surface area contributed by atoms with Crippen LogP contribution in [0.2, 0.25) is 0 Å². The molecule has 0 aliphatic carbocycles. The average Bonchev–Trinajstić information content (AvgIpc) is 3.19. The summed E-state index contributed by atoms with van der Waals surface area (Å²) < 4.78 is 41.2. The van der Waals surface area contributed by atoms with Crippen LogP contribution in [-0.4, -0.2) is 63.6 Å². The van der Waals surface area contributed by atoms with Crippen molar-refractivity contribution in [2.24, 2.45) is 0 Å². The number of fused-ring (bicyclic) bond motifs is 1. The van der Waals surface area contributed by atoms with Crippen molar-refractivity contribution in [1.82, 2.24) is 24.5 Å². The fraction of sp³-hybridized carbons (Fsp3) is 0.400. The lowest BCUT2D eigenvalue weighted by Crippen LogP contribution is -2.49. The molecule has 4 rings (SSSR count). The van der Waals surface area contributed by atoms with E-state index in [4.69, 9.17) is 9.47 Å². The van der Waals surface area contributed by atoms with E-state index in [-0.39, 0.29) is 18.5 Å². The van der Waals surface area contributed by atoms with Crippen LogP contribution in [0.3, 0.4) is 0 Å². The van der Waals surface area contributed by atoms with Gasteiger partial charge in [0.05, 0.1) is 26.5 Å². The number of benzene rings is 1. The molecule has 2 aromatic heterocycles. The van der Waals surface area contributed by atoms with E-state index in [0.717, 1.165) is 0 Å². The zero-order chi connectivity index (χ0) is 21.5. The third-order valence-electron chi connectivity index (χ3n) is 5.15. The maximum absolute atomic E-state index is 14.7. The number of carbonyl (C=O) groups is 1. The van der Waals surface area contributed by atoms with Gasteiger partial charge in [-0.1, -0.05) is 0 Å². The second-order valence-corrected chi connectivity index (χ2v) is 7.31. The maximum atomic E-state index is 14.7. The van der Waals surface area contributed by atoms with Crippen molar-refractivity contribution in [1.29, 1.82) is 0 Å². The van der Waals surface area contributed by atoms with Crippen LogP contribution in [0.15, 0.2) is 30.6 Å². The van der Waals surface area contributed by atoms with Gasteiger partial charge in [-0.3, -0.25) is 4.79 Å². The number of rotatable bonds is 4. The topological polar surface area (TPSA) is 81.9 Å². The van der Waals surface area contributed by atoms with Gasteiger partial charge in [0.25, 0.3) is 17.6 Å². The summed E-state index contributed by atoms with van der Waals surface area (Å²) in [7, 11) is 2.93. The summed E-state index contributed by atoms with van der Waals surface area (Å²) in [6, 6.07) is 6.33. The lowest BCUT2D eigenvalue weighted by atomic mass is 9.91. The van der Waals surface area contributed by atoms with Crippen LogP contribution in [0, 0.1) is 6.92 Å². The first-order valence-corrected chi connectivity index (χ1v) is 9.37. The van der Waals surface area contributed by atoms with Crippen LogP contribution < -0.4 is 9.47 Å². The first kappa shape index (κ1) is 20.0. The van der Waals surface area contributed by atoms with Crippen molar-refractivity contribution in [3.05, 3.63) is 47.5 Å². The predicted octanol–water partition coefficient (Wildman–Crippen LogP) is 2.71. The molecule has 1 atom stereocenters. The molecule has 0 radical (unpaired) electrons. The number of hydrogen-bond acceptors (Lipinski definition) is 6. The normalized spacial score (nSPS) is 18.4. The van der Waals surface area contributed by atoms with Crippen molar-refractivity contribution in [3.8, 4) is 11.5 Å². The van der Waals surface area contributed by atoms with Crippen molar-refractivity contribution in [2.45, 2.75) is 25.2 Å². The molecule has 1 aromatic carbocycles. The lowest BCUT2D eigenvalue weighted by molar-refractivity contribution is -0.0641. The SMILES string of the molecule is COc1ccc(C(=O)N2CC(c3cc(C)nc4ncnn34)CC(F)(F)C2)cc1OC. The highest BCUT2D eigenvalue weighted by Gasteiger charge is 2.43. The Morgan fingerprint density at radius 1 is 1.20 bits per heavy atom. The Balaban J connectivity index is 1.68. The quantitative estimate of drug-likeness (QED) is 0.649. The predicted molar refractivity (Wildman–Crippen MR) is 103 cm³/mol. The molecule has 1 aliphatic rings. The Kier molecular flexibility index (Phi) is 5.00. The first-order valence-electron chi connectivity index (χ1n) is 9.37. The van der Waals surface area contributed by atoms with E-state index < -0.39 is 24.3 Å². The van der Waals surface area contributed by atoms with Crippen molar-refractivity contribution >= 4 is 11.7 Å². The summed E-state index contributed by atoms with van der Waals surface area (Å²) in [5, 5.41) is 4.12. The van der Waals surface area contributed by atoms with Gasteiger partial charge in [-0.05, 0) is 31.2 Å². The standard InChI is InChI=1S/C20H21F2N5O3/c1-12-6-15(27-19(25-12)23-11-24-27)14-8-20(21,22)10-26(9-14)18(28)13-4-5-16(29-2)17(7-13)30-3/h4-7,11,14H,8-10H2,1-3H3. The third kappa shape index (κ3) is 3.64. The molecule has 30 heavy (non-hydrogen) atoms. The molecule has 0 saturated carbocycles. The fourth-order valence-electron chi connectivity index (χ4n) is 3.85. The molecule has 8 nitrogen and oxygen atoms in total. The molecule has 10 heteroatoms. The highest BCUT2D eigenvalue weighted by atomic mass is 19.3. The Hall–Kier alpha value is -3.30. The number of ether oxygens (including phenoxy) is 2. The number of amides is 1. The van der Waals surface area contributed by atoms with E-state index in [2.05, 4.69) is 15.1 Å². The fourth-order valence-corrected chi connectivity index (χ4v) is 3.85. The van der Waals surface area contributed by atoms with E-state index in [1.807, 2.05) is 0 Å². The van der Waals surface area contributed by atoms with Crippen molar-refractivity contribution in [3.63, 3.8) is 0 Å². The summed E-state index contributed by atoms with van der Waals surface area (Å²) in [4.78, 5) is 22.6. The molecule has 158 valence electrons. The minimum absolute atomic E-state index is 0.126. The van der Waals surface area contributed by atoms with Gasteiger partial charge in [-0.25, -0.2) is 18.3 Å². The van der Waals surface area contributed by atoms with Crippen molar-refractivity contribution < 1.29 is 23.0 Å². The highest BCUT2D eigenvalue weighted by molar-refractivity contribution is 5.95. The van der Waals surface area contributed by atoms with Crippen molar-refractivity contribution in [2.75, 3.05) is 27.3 Å². The van der Waals surface area contributed by atoms with Gasteiger partial charge in [0, 0.05) is 30.1 Å². The average molecular weight is 417 g/mol. The van der Waals surface area contributed by atoms with E-state index >= 15 is 0 Å². The van der Waals surface area contributed by atoms with Gasteiger partial charge in [0.1, 0.15) is 6.33 Å². The molecule has 1 saturated heterocycles. The zero-order valence-corrected chi connectivity index (χ0v) is 16.8. The van der Waals surface area contributed by atoms with Crippen LogP contribution in [0.5, 0.6) is 11.5 Å². The van der Waals surface area contributed by atoms with E-state index in [1.54, 1.807) is 19.1 Å². The molecule has 1 aliphatic heterocycles. The van der Waals surface area contributed by atoms with Gasteiger partial charge in [0.15, 0.2) is 11.5 Å². The second-order valence-electron chi connectivity index (χ2n) is 7.31. The largest absolute Gasteiger partial charge is 0.493 e. The molecule has 1 fully saturated rings. The van der Waals surface area contributed by atoms with E-state index in [9.17, 15) is 13.6 Å². The molecule has 0 spiro atoms. The van der Waals surface area contributed by atoms with Gasteiger partial charge in [-0.2, -0.15) is 10.1 Å². The smallest absolute Gasteiger partial charge is 0.266 e.